The van der Waals surface area contributed by atoms with Crippen molar-refractivity contribution in [2.75, 3.05) is 26.5 Å². The molecule has 0 amide bonds. The number of aryl methyl sites for hydroxylation is 1. The fourth-order valence-electron chi connectivity index (χ4n) is 2.19. The Morgan fingerprint density at radius 2 is 1.92 bits per heavy atom. The number of ether oxygens (including phenoxy) is 1. The molecule has 0 atom stereocenters. The largest absolute Gasteiger partial charge is 0.495 e. The van der Waals surface area contributed by atoms with Crippen LogP contribution in [-0.4, -0.2) is 33.9 Å². The van der Waals surface area contributed by atoms with Gasteiger partial charge in [-0.25, -0.2) is 12.7 Å². The van der Waals surface area contributed by atoms with Crippen LogP contribution in [0.1, 0.15) is 11.1 Å². The van der Waals surface area contributed by atoms with Gasteiger partial charge in [0.05, 0.1) is 17.7 Å². The molecule has 0 bridgehead atoms. The van der Waals surface area contributed by atoms with Crippen LogP contribution in [0.5, 0.6) is 5.75 Å². The van der Waals surface area contributed by atoms with Gasteiger partial charge in [-0.05, 0) is 36.2 Å². The highest BCUT2D eigenvalue weighted by Gasteiger charge is 2.17. The molecule has 2 aromatic carbocycles. The summed E-state index contributed by atoms with van der Waals surface area (Å²) < 4.78 is 31.0. The molecule has 0 unspecified atom stereocenters. The van der Waals surface area contributed by atoms with Gasteiger partial charge in [-0.2, -0.15) is 0 Å². The number of nitrogens with one attached hydrogen (secondary N) is 1. The summed E-state index contributed by atoms with van der Waals surface area (Å²) in [6.45, 7) is 2.38. The summed E-state index contributed by atoms with van der Waals surface area (Å²) in [7, 11) is 1.17. The molecule has 0 aromatic heterocycles. The van der Waals surface area contributed by atoms with E-state index in [1.165, 1.54) is 18.4 Å². The van der Waals surface area contributed by atoms with Crippen molar-refractivity contribution >= 4 is 27.3 Å². The molecule has 2 rings (SSSR count). The molecule has 1 N–H and O–H groups in total. The summed E-state index contributed by atoms with van der Waals surface area (Å²) in [5, 5.41) is 3.90. The van der Waals surface area contributed by atoms with E-state index in [0.29, 0.717) is 17.3 Å². The van der Waals surface area contributed by atoms with Crippen molar-refractivity contribution in [2.24, 2.45) is 0 Å². The molecule has 2 aromatic rings. The van der Waals surface area contributed by atoms with Crippen LogP contribution >= 0.6 is 11.6 Å². The van der Waals surface area contributed by atoms with Crippen LogP contribution in [-0.2, 0) is 16.6 Å². The summed E-state index contributed by atoms with van der Waals surface area (Å²) in [4.78, 5) is 0.269. The minimum absolute atomic E-state index is 0.269. The van der Waals surface area contributed by atoms with Gasteiger partial charge < -0.3 is 10.1 Å². The van der Waals surface area contributed by atoms with Crippen molar-refractivity contribution < 1.29 is 13.2 Å². The maximum atomic E-state index is 12.2. The van der Waals surface area contributed by atoms with Crippen molar-refractivity contribution in [2.45, 2.75) is 18.4 Å². The Morgan fingerprint density at radius 1 is 1.21 bits per heavy atom. The Morgan fingerprint density at radius 3 is 2.54 bits per heavy atom. The molecule has 0 spiro atoms. The lowest BCUT2D eigenvalue weighted by molar-refractivity contribution is 0.416. The van der Waals surface area contributed by atoms with Gasteiger partial charge in [0.25, 0.3) is 0 Å². The highest BCUT2D eigenvalue weighted by molar-refractivity contribution is 7.89. The van der Waals surface area contributed by atoms with Gasteiger partial charge >= 0.3 is 0 Å². The molecule has 130 valence electrons. The third-order valence-electron chi connectivity index (χ3n) is 3.64. The van der Waals surface area contributed by atoms with E-state index in [9.17, 15) is 8.42 Å². The third kappa shape index (κ3) is 4.01. The lowest BCUT2D eigenvalue weighted by atomic mass is 10.2. The van der Waals surface area contributed by atoms with E-state index in [1.54, 1.807) is 31.4 Å². The fraction of sp³-hybridized carbons (Fsp3) is 0.294. The first-order chi connectivity index (χ1) is 11.3. The summed E-state index contributed by atoms with van der Waals surface area (Å²) in [5.41, 5.74) is 2.59. The molecular formula is C17H21ClN2O3S. The number of methoxy groups -OCH3 is 1. The van der Waals surface area contributed by atoms with Crippen LogP contribution < -0.4 is 10.1 Å². The number of hydrogen-bond acceptors (Lipinski definition) is 4. The quantitative estimate of drug-likeness (QED) is 0.847. The minimum atomic E-state index is -3.44. The molecule has 7 heteroatoms. The Balaban J connectivity index is 2.24. The maximum absolute atomic E-state index is 12.2. The lowest BCUT2D eigenvalue weighted by Crippen LogP contribution is -2.22. The highest BCUT2D eigenvalue weighted by atomic mass is 35.5. The highest BCUT2D eigenvalue weighted by Crippen LogP contribution is 2.31. The van der Waals surface area contributed by atoms with Gasteiger partial charge in [-0.15, -0.1) is 0 Å². The normalized spacial score (nSPS) is 11.6. The molecular weight excluding hydrogens is 348 g/mol. The molecule has 0 saturated heterocycles. The van der Waals surface area contributed by atoms with Gasteiger partial charge in [0.15, 0.2) is 0 Å². The van der Waals surface area contributed by atoms with Crippen molar-refractivity contribution in [3.8, 4) is 5.75 Å². The SMILES string of the molecule is COc1cc(Cl)c(C)cc1NCc1cccc(S(=O)(=O)N(C)C)c1. The second kappa shape index (κ2) is 7.42. The van der Waals surface area contributed by atoms with Crippen LogP contribution in [0.25, 0.3) is 0 Å². The first-order valence-electron chi connectivity index (χ1n) is 7.35. The second-order valence-electron chi connectivity index (χ2n) is 5.59. The Kier molecular flexibility index (Phi) is 5.74. The molecule has 0 radical (unpaired) electrons. The molecule has 5 nitrogen and oxygen atoms in total. The van der Waals surface area contributed by atoms with Gasteiger partial charge in [0.1, 0.15) is 5.75 Å². The van der Waals surface area contributed by atoms with E-state index in [1.807, 2.05) is 19.1 Å². The molecule has 24 heavy (non-hydrogen) atoms. The van der Waals surface area contributed by atoms with Crippen molar-refractivity contribution in [1.29, 1.82) is 0 Å². The predicted octanol–water partition coefficient (Wildman–Crippen LogP) is 3.52. The third-order valence-corrected chi connectivity index (χ3v) is 5.86. The number of sulfonamides is 1. The number of halogens is 1. The van der Waals surface area contributed by atoms with Crippen molar-refractivity contribution in [1.82, 2.24) is 4.31 Å². The van der Waals surface area contributed by atoms with Crippen molar-refractivity contribution in [3.63, 3.8) is 0 Å². The van der Waals surface area contributed by atoms with Crippen LogP contribution in [0, 0.1) is 6.92 Å². The van der Waals surface area contributed by atoms with Crippen LogP contribution in [0.2, 0.25) is 5.02 Å². The number of hydrogen-bond donors (Lipinski definition) is 1. The van der Waals surface area contributed by atoms with E-state index < -0.39 is 10.0 Å². The molecule has 0 aliphatic heterocycles. The predicted molar refractivity (Wildman–Crippen MR) is 97.4 cm³/mol. The van der Waals surface area contributed by atoms with Gasteiger partial charge in [-0.1, -0.05) is 23.7 Å². The first kappa shape index (κ1) is 18.6. The lowest BCUT2D eigenvalue weighted by Gasteiger charge is -2.15. The molecule has 0 heterocycles. The smallest absolute Gasteiger partial charge is 0.242 e. The minimum Gasteiger partial charge on any atom is -0.495 e. The van der Waals surface area contributed by atoms with Gasteiger partial charge in [0, 0.05) is 31.7 Å². The van der Waals surface area contributed by atoms with Crippen LogP contribution in [0.4, 0.5) is 5.69 Å². The average Bonchev–Trinajstić information content (AvgIpc) is 2.55. The van der Waals surface area contributed by atoms with Crippen LogP contribution in [0.3, 0.4) is 0 Å². The first-order valence-corrected chi connectivity index (χ1v) is 9.17. The molecule has 0 aliphatic carbocycles. The summed E-state index contributed by atoms with van der Waals surface area (Å²) in [6, 6.07) is 10.5. The van der Waals surface area contributed by atoms with E-state index >= 15 is 0 Å². The molecule has 0 aliphatic rings. The number of rotatable bonds is 6. The zero-order valence-electron chi connectivity index (χ0n) is 14.1. The second-order valence-corrected chi connectivity index (χ2v) is 8.15. The van der Waals surface area contributed by atoms with Gasteiger partial charge in [0.2, 0.25) is 10.0 Å². The topological polar surface area (TPSA) is 58.6 Å². The maximum Gasteiger partial charge on any atom is 0.242 e. The number of anilines is 1. The van der Waals surface area contributed by atoms with Crippen LogP contribution in [0.15, 0.2) is 41.3 Å². The summed E-state index contributed by atoms with van der Waals surface area (Å²) in [5.74, 6) is 0.641. The summed E-state index contributed by atoms with van der Waals surface area (Å²) >= 11 is 6.10. The van der Waals surface area contributed by atoms with E-state index in [2.05, 4.69) is 5.32 Å². The standard InChI is InChI=1S/C17H21ClN2O3S/c1-12-8-16(17(23-4)10-15(12)18)19-11-13-6-5-7-14(9-13)24(21,22)20(2)3/h5-10,19H,11H2,1-4H3. The number of benzene rings is 2. The zero-order chi connectivity index (χ0) is 17.9. The zero-order valence-corrected chi connectivity index (χ0v) is 15.7. The fourth-order valence-corrected chi connectivity index (χ4v) is 3.32. The molecule has 0 fully saturated rings. The molecule has 0 saturated carbocycles. The Labute approximate surface area is 148 Å². The monoisotopic (exact) mass is 368 g/mol. The van der Waals surface area contributed by atoms with E-state index in [0.717, 1.165) is 16.8 Å². The number of nitrogens with zero attached hydrogens (tertiary/aromatic N) is 1. The average molecular weight is 369 g/mol. The Hall–Kier alpha value is -1.76. The Bertz CT molecular complexity index is 836. The van der Waals surface area contributed by atoms with E-state index in [4.69, 9.17) is 16.3 Å². The summed E-state index contributed by atoms with van der Waals surface area (Å²) in [6.07, 6.45) is 0. The van der Waals surface area contributed by atoms with Gasteiger partial charge in [-0.3, -0.25) is 0 Å². The van der Waals surface area contributed by atoms with E-state index in [-0.39, 0.29) is 4.90 Å². The van der Waals surface area contributed by atoms with Crippen molar-refractivity contribution in [3.05, 3.63) is 52.5 Å².